The first-order valence-corrected chi connectivity index (χ1v) is 7.75. The predicted octanol–water partition coefficient (Wildman–Crippen LogP) is 4.45. The molecule has 1 aromatic rings. The normalized spacial score (nSPS) is 11.9. The second kappa shape index (κ2) is 9.65. The highest BCUT2D eigenvalue weighted by molar-refractivity contribution is 6.20. The van der Waals surface area contributed by atoms with Crippen molar-refractivity contribution in [3.05, 3.63) is 35.4 Å². The maximum atomic E-state index is 11.4. The van der Waals surface area contributed by atoms with Gasteiger partial charge in [-0.25, -0.2) is 4.79 Å². The van der Waals surface area contributed by atoms with Gasteiger partial charge in [-0.15, -0.1) is 11.6 Å². The van der Waals surface area contributed by atoms with Crippen molar-refractivity contribution in [3.8, 4) is 0 Å². The highest BCUT2D eigenvalue weighted by Gasteiger charge is 2.10. The van der Waals surface area contributed by atoms with Crippen LogP contribution in [-0.2, 0) is 11.2 Å². The van der Waals surface area contributed by atoms with Gasteiger partial charge in [-0.2, -0.15) is 0 Å². The molecule has 0 spiro atoms. The lowest BCUT2D eigenvalue weighted by molar-refractivity contribution is 0.144. The molecule has 20 heavy (non-hydrogen) atoms. The van der Waals surface area contributed by atoms with E-state index in [1.807, 2.05) is 12.1 Å². The molecule has 3 nitrogen and oxygen atoms in total. The fourth-order valence-electron chi connectivity index (χ4n) is 1.95. The van der Waals surface area contributed by atoms with Gasteiger partial charge in [0.2, 0.25) is 0 Å². The number of hydrogen-bond acceptors (Lipinski definition) is 2. The van der Waals surface area contributed by atoms with Crippen molar-refractivity contribution in [3.63, 3.8) is 0 Å². The fourth-order valence-corrected chi connectivity index (χ4v) is 2.16. The molecule has 1 amide bonds. The zero-order chi connectivity index (χ0) is 14.8. The summed E-state index contributed by atoms with van der Waals surface area (Å²) in [5, 5.41) is 2.80. The Morgan fingerprint density at radius 2 is 2.10 bits per heavy atom. The van der Waals surface area contributed by atoms with Crippen molar-refractivity contribution >= 4 is 17.7 Å². The first kappa shape index (κ1) is 16.8. The van der Waals surface area contributed by atoms with Gasteiger partial charge in [-0.3, -0.25) is 0 Å². The van der Waals surface area contributed by atoms with Gasteiger partial charge in [-0.1, -0.05) is 44.5 Å². The van der Waals surface area contributed by atoms with Gasteiger partial charge in [0, 0.05) is 6.54 Å². The topological polar surface area (TPSA) is 38.3 Å². The van der Waals surface area contributed by atoms with Gasteiger partial charge in [-0.05, 0) is 30.4 Å². The summed E-state index contributed by atoms with van der Waals surface area (Å²) >= 11 is 6.31. The monoisotopic (exact) mass is 297 g/mol. The van der Waals surface area contributed by atoms with Crippen LogP contribution < -0.4 is 5.32 Å². The van der Waals surface area contributed by atoms with E-state index in [9.17, 15) is 4.79 Å². The summed E-state index contributed by atoms with van der Waals surface area (Å²) in [6, 6.07) is 8.11. The van der Waals surface area contributed by atoms with Gasteiger partial charge >= 0.3 is 6.09 Å². The van der Waals surface area contributed by atoms with E-state index in [0.29, 0.717) is 13.2 Å². The number of benzene rings is 1. The summed E-state index contributed by atoms with van der Waals surface area (Å²) in [5.74, 6) is 0. The number of amides is 1. The average molecular weight is 298 g/mol. The molecule has 0 aliphatic heterocycles. The van der Waals surface area contributed by atoms with Crippen LogP contribution in [0.5, 0.6) is 0 Å². The quantitative estimate of drug-likeness (QED) is 0.569. The molecular weight excluding hydrogens is 274 g/mol. The molecule has 0 radical (unpaired) electrons. The molecule has 0 saturated carbocycles. The lowest BCUT2D eigenvalue weighted by Crippen LogP contribution is -2.27. The number of unbranched alkanes of at least 4 members (excludes halogenated alkanes) is 1. The third-order valence-electron chi connectivity index (χ3n) is 3.15. The number of carbonyl (C=O) groups is 1. The maximum Gasteiger partial charge on any atom is 0.407 e. The van der Waals surface area contributed by atoms with Gasteiger partial charge in [0.25, 0.3) is 0 Å². The van der Waals surface area contributed by atoms with Gasteiger partial charge in [0.15, 0.2) is 0 Å². The van der Waals surface area contributed by atoms with Crippen molar-refractivity contribution < 1.29 is 9.53 Å². The van der Waals surface area contributed by atoms with E-state index >= 15 is 0 Å². The summed E-state index contributed by atoms with van der Waals surface area (Å²) < 4.78 is 5.04. The second-order valence-corrected chi connectivity index (χ2v) is 5.27. The Labute approximate surface area is 126 Å². The lowest BCUT2D eigenvalue weighted by Gasteiger charge is -2.13. The van der Waals surface area contributed by atoms with Crippen LogP contribution in [0.15, 0.2) is 24.3 Å². The number of rotatable bonds is 8. The third kappa shape index (κ3) is 5.83. The number of alkyl halides is 1. The highest BCUT2D eigenvalue weighted by atomic mass is 35.5. The Morgan fingerprint density at radius 3 is 2.80 bits per heavy atom. The van der Waals surface area contributed by atoms with Crippen molar-refractivity contribution in [2.24, 2.45) is 0 Å². The van der Waals surface area contributed by atoms with E-state index in [1.54, 1.807) is 0 Å². The molecule has 0 saturated heterocycles. The zero-order valence-electron chi connectivity index (χ0n) is 12.3. The lowest BCUT2D eigenvalue weighted by atomic mass is 10.0. The predicted molar refractivity (Wildman–Crippen MR) is 83.3 cm³/mol. The molecule has 0 aromatic heterocycles. The van der Waals surface area contributed by atoms with Gasteiger partial charge < -0.3 is 10.1 Å². The number of carbonyl (C=O) groups excluding carboxylic acids is 1. The van der Waals surface area contributed by atoms with Crippen LogP contribution in [0.1, 0.15) is 49.6 Å². The smallest absolute Gasteiger partial charge is 0.407 e. The van der Waals surface area contributed by atoms with Crippen LogP contribution in [0.2, 0.25) is 0 Å². The number of alkyl carbamates (subject to hydrolysis) is 1. The highest BCUT2D eigenvalue weighted by Crippen LogP contribution is 2.26. The van der Waals surface area contributed by atoms with E-state index < -0.39 is 0 Å². The number of nitrogens with one attached hydrogen (secondary N) is 1. The van der Waals surface area contributed by atoms with Crippen LogP contribution in [0.4, 0.5) is 4.79 Å². The summed E-state index contributed by atoms with van der Waals surface area (Å²) in [4.78, 5) is 11.4. The average Bonchev–Trinajstić information content (AvgIpc) is 2.47. The molecule has 1 rings (SSSR count). The molecular formula is C16H24ClNO2. The van der Waals surface area contributed by atoms with Crippen LogP contribution in [0.25, 0.3) is 0 Å². The minimum Gasteiger partial charge on any atom is -0.450 e. The Kier molecular flexibility index (Phi) is 8.12. The molecule has 0 heterocycles. The molecule has 112 valence electrons. The van der Waals surface area contributed by atoms with Gasteiger partial charge in [0.1, 0.15) is 0 Å². The molecule has 1 unspecified atom stereocenters. The van der Waals surface area contributed by atoms with Gasteiger partial charge in [0.05, 0.1) is 12.0 Å². The van der Waals surface area contributed by atoms with E-state index in [-0.39, 0.29) is 11.5 Å². The first-order valence-electron chi connectivity index (χ1n) is 7.31. The largest absolute Gasteiger partial charge is 0.450 e. The van der Waals surface area contributed by atoms with Crippen molar-refractivity contribution in [2.45, 2.75) is 44.9 Å². The Balaban J connectivity index is 2.40. The summed E-state index contributed by atoms with van der Waals surface area (Å²) in [6.45, 7) is 5.18. The molecule has 1 aromatic carbocycles. The van der Waals surface area contributed by atoms with E-state index in [4.69, 9.17) is 16.3 Å². The molecule has 4 heteroatoms. The minimum atomic E-state index is -0.339. The standard InChI is InChI=1S/C16H24ClNO2/c1-3-5-12-20-16(19)18-11-10-13-8-6-7-9-14(13)15(17)4-2/h6-9,15H,3-5,10-12H2,1-2H3,(H,18,19). The Hall–Kier alpha value is -1.22. The van der Waals surface area contributed by atoms with E-state index in [1.165, 1.54) is 5.56 Å². The molecule has 0 aliphatic rings. The Morgan fingerprint density at radius 1 is 1.35 bits per heavy atom. The zero-order valence-corrected chi connectivity index (χ0v) is 13.1. The molecule has 1 atom stereocenters. The van der Waals surface area contributed by atoms with Crippen molar-refractivity contribution in [1.29, 1.82) is 0 Å². The minimum absolute atomic E-state index is 0.0303. The molecule has 0 aliphatic carbocycles. The molecule has 0 fully saturated rings. The molecule has 1 N–H and O–H groups in total. The summed E-state index contributed by atoms with van der Waals surface area (Å²) in [6.07, 6.45) is 3.25. The van der Waals surface area contributed by atoms with Crippen LogP contribution in [0.3, 0.4) is 0 Å². The number of ether oxygens (including phenoxy) is 1. The SMILES string of the molecule is CCCCOC(=O)NCCc1ccccc1C(Cl)CC. The maximum absolute atomic E-state index is 11.4. The van der Waals surface area contributed by atoms with E-state index in [0.717, 1.165) is 31.2 Å². The first-order chi connectivity index (χ1) is 9.69. The van der Waals surface area contributed by atoms with Crippen LogP contribution in [0, 0.1) is 0 Å². The van der Waals surface area contributed by atoms with Crippen LogP contribution >= 0.6 is 11.6 Å². The summed E-state index contributed by atoms with van der Waals surface area (Å²) in [5.41, 5.74) is 2.33. The fraction of sp³-hybridized carbons (Fsp3) is 0.562. The number of hydrogen-bond donors (Lipinski definition) is 1. The van der Waals surface area contributed by atoms with Crippen LogP contribution in [-0.4, -0.2) is 19.2 Å². The van der Waals surface area contributed by atoms with E-state index in [2.05, 4.69) is 31.3 Å². The van der Waals surface area contributed by atoms with Crippen molar-refractivity contribution in [1.82, 2.24) is 5.32 Å². The third-order valence-corrected chi connectivity index (χ3v) is 3.69. The number of halogens is 1. The Bertz CT molecular complexity index is 409. The summed E-state index contributed by atoms with van der Waals surface area (Å²) in [7, 11) is 0. The van der Waals surface area contributed by atoms with Crippen molar-refractivity contribution in [2.75, 3.05) is 13.2 Å². The second-order valence-electron chi connectivity index (χ2n) is 4.74. The molecule has 0 bridgehead atoms.